The number of hydrazone groups is 1. The first-order valence-corrected chi connectivity index (χ1v) is 10.8. The van der Waals surface area contributed by atoms with E-state index < -0.39 is 0 Å². The Balaban J connectivity index is 1.45. The SMILES string of the molecule is CCOc1ccc(CC(=O)N/N=C\c2cn(Cc3ccccc3C)c3ccccc23)cc1. The molecule has 4 rings (SSSR count). The fourth-order valence-corrected chi connectivity index (χ4v) is 3.75. The highest BCUT2D eigenvalue weighted by molar-refractivity contribution is 5.99. The summed E-state index contributed by atoms with van der Waals surface area (Å²) >= 11 is 0. The number of para-hydroxylation sites is 1. The van der Waals surface area contributed by atoms with Crippen molar-refractivity contribution in [1.82, 2.24) is 9.99 Å². The number of amides is 1. The summed E-state index contributed by atoms with van der Waals surface area (Å²) in [5, 5.41) is 5.31. The van der Waals surface area contributed by atoms with Crippen LogP contribution in [-0.4, -0.2) is 23.3 Å². The molecule has 0 spiro atoms. The molecule has 1 aromatic heterocycles. The summed E-state index contributed by atoms with van der Waals surface area (Å²) in [4.78, 5) is 12.3. The van der Waals surface area contributed by atoms with E-state index in [0.29, 0.717) is 6.61 Å². The zero-order chi connectivity index (χ0) is 22.3. The van der Waals surface area contributed by atoms with Gasteiger partial charge in [-0.05, 0) is 48.7 Å². The van der Waals surface area contributed by atoms with E-state index in [0.717, 1.165) is 34.3 Å². The number of carbonyl (C=O) groups excluding carboxylic acids is 1. The number of hydrogen-bond donors (Lipinski definition) is 1. The molecule has 0 bridgehead atoms. The smallest absolute Gasteiger partial charge is 0.244 e. The maximum Gasteiger partial charge on any atom is 0.244 e. The molecule has 0 aliphatic rings. The van der Waals surface area contributed by atoms with E-state index in [4.69, 9.17) is 4.74 Å². The van der Waals surface area contributed by atoms with Gasteiger partial charge >= 0.3 is 0 Å². The second-order valence-electron chi connectivity index (χ2n) is 7.70. The summed E-state index contributed by atoms with van der Waals surface area (Å²) in [5.41, 5.74) is 8.20. The number of nitrogens with zero attached hydrogens (tertiary/aromatic N) is 2. The molecular formula is C27H27N3O2. The van der Waals surface area contributed by atoms with Crippen molar-refractivity contribution in [1.29, 1.82) is 0 Å². The van der Waals surface area contributed by atoms with Crippen LogP contribution in [0.4, 0.5) is 0 Å². The lowest BCUT2D eigenvalue weighted by atomic mass is 10.1. The van der Waals surface area contributed by atoms with E-state index in [2.05, 4.69) is 64.6 Å². The lowest BCUT2D eigenvalue weighted by Gasteiger charge is -2.08. The third kappa shape index (κ3) is 5.06. The van der Waals surface area contributed by atoms with Gasteiger partial charge < -0.3 is 9.30 Å². The minimum Gasteiger partial charge on any atom is -0.494 e. The van der Waals surface area contributed by atoms with Crippen molar-refractivity contribution in [3.05, 3.63) is 101 Å². The summed E-state index contributed by atoms with van der Waals surface area (Å²) in [6.45, 7) is 5.48. The number of hydrogen-bond acceptors (Lipinski definition) is 3. The molecular weight excluding hydrogens is 398 g/mol. The van der Waals surface area contributed by atoms with E-state index >= 15 is 0 Å². The molecule has 1 N–H and O–H groups in total. The Labute approximate surface area is 188 Å². The van der Waals surface area contributed by atoms with Crippen LogP contribution in [0.3, 0.4) is 0 Å². The fraction of sp³-hybridized carbons (Fsp3) is 0.185. The summed E-state index contributed by atoms with van der Waals surface area (Å²) < 4.78 is 7.66. The lowest BCUT2D eigenvalue weighted by Crippen LogP contribution is -2.19. The monoisotopic (exact) mass is 425 g/mol. The van der Waals surface area contributed by atoms with E-state index in [1.807, 2.05) is 43.3 Å². The Hall–Kier alpha value is -3.86. The van der Waals surface area contributed by atoms with Crippen molar-refractivity contribution in [2.45, 2.75) is 26.8 Å². The molecule has 5 nitrogen and oxygen atoms in total. The predicted molar refractivity (Wildman–Crippen MR) is 129 cm³/mol. The van der Waals surface area contributed by atoms with Gasteiger partial charge in [0.2, 0.25) is 5.91 Å². The molecule has 0 radical (unpaired) electrons. The van der Waals surface area contributed by atoms with Gasteiger partial charge in [0, 0.05) is 29.2 Å². The topological polar surface area (TPSA) is 55.6 Å². The fourth-order valence-electron chi connectivity index (χ4n) is 3.75. The van der Waals surface area contributed by atoms with Gasteiger partial charge in [-0.3, -0.25) is 4.79 Å². The molecule has 162 valence electrons. The number of aromatic nitrogens is 1. The number of aryl methyl sites for hydroxylation is 1. The van der Waals surface area contributed by atoms with E-state index in [9.17, 15) is 4.79 Å². The number of nitrogens with one attached hydrogen (secondary N) is 1. The highest BCUT2D eigenvalue weighted by Gasteiger charge is 2.08. The summed E-state index contributed by atoms with van der Waals surface area (Å²) in [6.07, 6.45) is 4.06. The zero-order valence-electron chi connectivity index (χ0n) is 18.4. The van der Waals surface area contributed by atoms with Crippen LogP contribution in [0.2, 0.25) is 0 Å². The highest BCUT2D eigenvalue weighted by Crippen LogP contribution is 2.22. The molecule has 0 unspecified atom stereocenters. The second-order valence-corrected chi connectivity index (χ2v) is 7.70. The summed E-state index contributed by atoms with van der Waals surface area (Å²) in [7, 11) is 0. The normalized spacial score (nSPS) is 11.2. The maximum absolute atomic E-state index is 12.3. The van der Waals surface area contributed by atoms with Crippen molar-refractivity contribution in [3.8, 4) is 5.75 Å². The molecule has 0 saturated carbocycles. The Morgan fingerprint density at radius 1 is 1.03 bits per heavy atom. The van der Waals surface area contributed by atoms with Gasteiger partial charge in [0.25, 0.3) is 0 Å². The van der Waals surface area contributed by atoms with Crippen molar-refractivity contribution < 1.29 is 9.53 Å². The minimum atomic E-state index is -0.158. The van der Waals surface area contributed by atoms with E-state index in [1.165, 1.54) is 11.1 Å². The Kier molecular flexibility index (Phi) is 6.66. The Bertz CT molecular complexity index is 1240. The molecule has 4 aromatic rings. The number of ether oxygens (including phenoxy) is 1. The first-order chi connectivity index (χ1) is 15.6. The van der Waals surface area contributed by atoms with Crippen molar-refractivity contribution in [3.63, 3.8) is 0 Å². The molecule has 0 fully saturated rings. The second kappa shape index (κ2) is 9.96. The van der Waals surface area contributed by atoms with Crippen LogP contribution < -0.4 is 10.2 Å². The van der Waals surface area contributed by atoms with Crippen LogP contribution in [0.5, 0.6) is 5.75 Å². The number of benzene rings is 3. The van der Waals surface area contributed by atoms with Crippen LogP contribution in [0.25, 0.3) is 10.9 Å². The van der Waals surface area contributed by atoms with Gasteiger partial charge in [-0.25, -0.2) is 5.43 Å². The number of rotatable bonds is 8. The Morgan fingerprint density at radius 2 is 1.78 bits per heavy atom. The van der Waals surface area contributed by atoms with Crippen molar-refractivity contribution >= 4 is 23.0 Å². The molecule has 32 heavy (non-hydrogen) atoms. The van der Waals surface area contributed by atoms with Gasteiger partial charge in [-0.2, -0.15) is 5.10 Å². The summed E-state index contributed by atoms with van der Waals surface area (Å²) in [6, 6.07) is 24.2. The third-order valence-electron chi connectivity index (χ3n) is 5.41. The molecule has 0 aliphatic carbocycles. The van der Waals surface area contributed by atoms with Gasteiger partial charge in [0.1, 0.15) is 5.75 Å². The largest absolute Gasteiger partial charge is 0.494 e. The quantitative estimate of drug-likeness (QED) is 0.316. The maximum atomic E-state index is 12.3. The van der Waals surface area contributed by atoms with Crippen LogP contribution in [0.1, 0.15) is 29.2 Å². The molecule has 3 aromatic carbocycles. The Morgan fingerprint density at radius 3 is 2.56 bits per heavy atom. The lowest BCUT2D eigenvalue weighted by molar-refractivity contribution is -0.120. The molecule has 0 saturated heterocycles. The highest BCUT2D eigenvalue weighted by atomic mass is 16.5. The average molecular weight is 426 g/mol. The van der Waals surface area contributed by atoms with Crippen LogP contribution in [0.15, 0.2) is 84.1 Å². The van der Waals surface area contributed by atoms with Crippen LogP contribution in [-0.2, 0) is 17.8 Å². The van der Waals surface area contributed by atoms with Gasteiger partial charge in [-0.1, -0.05) is 54.6 Å². The van der Waals surface area contributed by atoms with Crippen LogP contribution in [0, 0.1) is 6.92 Å². The van der Waals surface area contributed by atoms with Gasteiger partial charge in [0.15, 0.2) is 0 Å². The molecule has 1 heterocycles. The number of carbonyl (C=O) groups is 1. The van der Waals surface area contributed by atoms with E-state index in [1.54, 1.807) is 6.21 Å². The molecule has 0 atom stereocenters. The predicted octanol–water partition coefficient (Wildman–Crippen LogP) is 5.09. The van der Waals surface area contributed by atoms with Gasteiger partial charge in [0.05, 0.1) is 19.2 Å². The number of fused-ring (bicyclic) bond motifs is 1. The first-order valence-electron chi connectivity index (χ1n) is 10.8. The standard InChI is InChI=1S/C27H27N3O2/c1-3-32-24-14-12-21(13-15-24)16-27(31)29-28-17-23-19-30(26-11-7-6-10-25(23)26)18-22-9-5-4-8-20(22)2/h4-15,17,19H,3,16,18H2,1-2H3,(H,29,31)/b28-17-. The van der Waals surface area contributed by atoms with Crippen LogP contribution >= 0.6 is 0 Å². The zero-order valence-corrected chi connectivity index (χ0v) is 18.4. The molecule has 0 aliphatic heterocycles. The average Bonchev–Trinajstić information content (AvgIpc) is 3.14. The van der Waals surface area contributed by atoms with Crippen molar-refractivity contribution in [2.24, 2.45) is 5.10 Å². The van der Waals surface area contributed by atoms with Gasteiger partial charge in [-0.15, -0.1) is 0 Å². The molecule has 5 heteroatoms. The first kappa shape index (κ1) is 21.4. The summed E-state index contributed by atoms with van der Waals surface area (Å²) in [5.74, 6) is 0.644. The third-order valence-corrected chi connectivity index (χ3v) is 5.41. The van der Waals surface area contributed by atoms with E-state index in [-0.39, 0.29) is 12.3 Å². The van der Waals surface area contributed by atoms with Crippen molar-refractivity contribution in [2.75, 3.05) is 6.61 Å². The minimum absolute atomic E-state index is 0.158. The molecule has 1 amide bonds.